The summed E-state index contributed by atoms with van der Waals surface area (Å²) >= 11 is 0. The van der Waals surface area contributed by atoms with Crippen molar-refractivity contribution in [3.8, 4) is 11.6 Å². The number of Topliss-reactive ketones (excluding diaryl/α,β-unsaturated/α-hetero) is 1. The average Bonchev–Trinajstić information content (AvgIpc) is 3.42. The molecule has 0 radical (unpaired) electrons. The summed E-state index contributed by atoms with van der Waals surface area (Å²) in [5, 5.41) is 10.9. The Labute approximate surface area is 180 Å². The van der Waals surface area contributed by atoms with E-state index in [0.717, 1.165) is 18.4 Å². The van der Waals surface area contributed by atoms with Crippen LogP contribution in [-0.4, -0.2) is 28.1 Å². The molecule has 5 rings (SSSR count). The highest BCUT2D eigenvalue weighted by atomic mass is 19.4. The van der Waals surface area contributed by atoms with Gasteiger partial charge in [-0.3, -0.25) is 4.79 Å². The van der Waals surface area contributed by atoms with Gasteiger partial charge in [-0.15, -0.1) is 0 Å². The fourth-order valence-corrected chi connectivity index (χ4v) is 5.02. The quantitative estimate of drug-likeness (QED) is 0.647. The number of pyridine rings is 1. The lowest BCUT2D eigenvalue weighted by Gasteiger charge is -2.19. The minimum Gasteiger partial charge on any atom is -0.511 e. The summed E-state index contributed by atoms with van der Waals surface area (Å²) in [6, 6.07) is 5.01. The van der Waals surface area contributed by atoms with Gasteiger partial charge in [-0.2, -0.15) is 13.2 Å². The van der Waals surface area contributed by atoms with Gasteiger partial charge in [-0.05, 0) is 48.6 Å². The van der Waals surface area contributed by atoms with Gasteiger partial charge in [0.25, 0.3) is 5.88 Å². The van der Waals surface area contributed by atoms with Gasteiger partial charge in [-0.1, -0.05) is 13.0 Å². The molecule has 0 amide bonds. The lowest BCUT2D eigenvalue weighted by Crippen LogP contribution is -2.29. The highest BCUT2D eigenvalue weighted by molar-refractivity contribution is 6.25. The van der Waals surface area contributed by atoms with Crippen LogP contribution in [-0.2, 0) is 22.1 Å². The number of aliphatic hydroxyl groups is 1. The van der Waals surface area contributed by atoms with Crippen LogP contribution in [0.2, 0.25) is 0 Å². The molecule has 3 heterocycles. The number of hydrogen-bond donors (Lipinski definition) is 1. The molecule has 2 fully saturated rings. The number of benzene rings is 1. The number of alkyl halides is 3. The van der Waals surface area contributed by atoms with Crippen LogP contribution in [0.4, 0.5) is 17.6 Å². The second-order valence-corrected chi connectivity index (χ2v) is 8.25. The summed E-state index contributed by atoms with van der Waals surface area (Å²) in [5.74, 6) is -2.75. The predicted octanol–water partition coefficient (Wildman–Crippen LogP) is 5.24. The highest BCUT2D eigenvalue weighted by Crippen LogP contribution is 2.54. The van der Waals surface area contributed by atoms with Gasteiger partial charge in [-0.25, -0.2) is 9.37 Å². The maximum absolute atomic E-state index is 14.2. The number of carbonyl (C=O) groups excluding carboxylic acids is 1. The number of halogens is 4. The number of ketones is 1. The summed E-state index contributed by atoms with van der Waals surface area (Å²) < 4.78 is 63.6. The molecule has 168 valence electrons. The van der Waals surface area contributed by atoms with E-state index >= 15 is 0 Å². The van der Waals surface area contributed by atoms with E-state index < -0.39 is 29.4 Å². The van der Waals surface area contributed by atoms with E-state index in [1.54, 1.807) is 6.07 Å². The van der Waals surface area contributed by atoms with Crippen molar-refractivity contribution in [1.82, 2.24) is 4.98 Å². The SMILES string of the molecule is CCc1ccc(Oc2ncc(C(F)(F)F)cc2F)cc1C1=C(O)[C@H]2[C@@H](C1=O)[C@@H]1CC[C@H]2O1. The minimum absolute atomic E-state index is 0.00196. The monoisotopic (exact) mass is 449 g/mol. The van der Waals surface area contributed by atoms with Crippen LogP contribution in [0.1, 0.15) is 36.5 Å². The maximum Gasteiger partial charge on any atom is 0.417 e. The third-order valence-electron chi connectivity index (χ3n) is 6.48. The molecule has 3 aliphatic rings. The molecule has 5 nitrogen and oxygen atoms in total. The molecular formula is C23H19F4NO4. The Balaban J connectivity index is 1.50. The van der Waals surface area contributed by atoms with Crippen molar-refractivity contribution in [3.05, 3.63) is 58.7 Å². The van der Waals surface area contributed by atoms with E-state index in [2.05, 4.69) is 4.98 Å². The predicted molar refractivity (Wildman–Crippen MR) is 105 cm³/mol. The number of aromatic nitrogens is 1. The lowest BCUT2D eigenvalue weighted by atomic mass is 9.80. The van der Waals surface area contributed by atoms with Crippen molar-refractivity contribution in [2.45, 2.75) is 44.6 Å². The van der Waals surface area contributed by atoms with E-state index in [9.17, 15) is 27.5 Å². The number of hydrogen-bond acceptors (Lipinski definition) is 5. The average molecular weight is 449 g/mol. The second kappa shape index (κ2) is 7.30. The number of carbonyl (C=O) groups is 1. The van der Waals surface area contributed by atoms with Crippen molar-refractivity contribution < 1.29 is 36.9 Å². The summed E-state index contributed by atoms with van der Waals surface area (Å²) in [6.45, 7) is 1.89. The molecule has 2 aromatic rings. The second-order valence-electron chi connectivity index (χ2n) is 8.25. The first-order valence-corrected chi connectivity index (χ1v) is 10.4. The molecule has 1 aliphatic carbocycles. The molecular weight excluding hydrogens is 430 g/mol. The number of fused-ring (bicyclic) bond motifs is 5. The minimum atomic E-state index is -4.73. The van der Waals surface area contributed by atoms with Gasteiger partial charge in [0, 0.05) is 6.20 Å². The number of ether oxygens (including phenoxy) is 2. The zero-order valence-electron chi connectivity index (χ0n) is 16.9. The van der Waals surface area contributed by atoms with Crippen LogP contribution in [0.3, 0.4) is 0 Å². The van der Waals surface area contributed by atoms with E-state index in [1.807, 2.05) is 6.92 Å². The number of allylic oxidation sites excluding steroid dienone is 1. The molecule has 0 spiro atoms. The molecule has 0 unspecified atom stereocenters. The van der Waals surface area contributed by atoms with E-state index in [-0.39, 0.29) is 41.0 Å². The lowest BCUT2D eigenvalue weighted by molar-refractivity contribution is -0.138. The van der Waals surface area contributed by atoms with Crippen LogP contribution in [0, 0.1) is 17.7 Å². The van der Waals surface area contributed by atoms with Gasteiger partial charge in [0.2, 0.25) is 0 Å². The molecule has 32 heavy (non-hydrogen) atoms. The summed E-state index contributed by atoms with van der Waals surface area (Å²) in [4.78, 5) is 16.6. The Morgan fingerprint density at radius 3 is 2.53 bits per heavy atom. The molecule has 2 bridgehead atoms. The maximum atomic E-state index is 14.2. The number of rotatable bonds is 4. The molecule has 1 aromatic carbocycles. The molecule has 1 aromatic heterocycles. The molecule has 4 atom stereocenters. The molecule has 9 heteroatoms. The van der Waals surface area contributed by atoms with Crippen LogP contribution in [0.15, 0.2) is 36.2 Å². The van der Waals surface area contributed by atoms with E-state index in [1.165, 1.54) is 12.1 Å². The standard InChI is InChI=1S/C23H19F4NO4/c1-2-10-3-4-12(31-22-14(24)7-11(9-28-22)23(25,26)27)8-13(10)17-20(29)18-15-5-6-16(32-15)19(18)21(17)30/h3-4,7-9,15-16,18-19,29H,2,5-6H2,1H3/t15-,16+,18-,19+/m1/s1. The smallest absolute Gasteiger partial charge is 0.417 e. The Morgan fingerprint density at radius 1 is 1.19 bits per heavy atom. The molecule has 1 N–H and O–H groups in total. The molecule has 0 saturated carbocycles. The Kier molecular flexibility index (Phi) is 4.77. The van der Waals surface area contributed by atoms with Crippen molar-refractivity contribution in [1.29, 1.82) is 0 Å². The normalized spacial score (nSPS) is 26.7. The van der Waals surface area contributed by atoms with Crippen LogP contribution in [0.5, 0.6) is 11.6 Å². The topological polar surface area (TPSA) is 68.7 Å². The van der Waals surface area contributed by atoms with E-state index in [0.29, 0.717) is 24.2 Å². The first-order valence-electron chi connectivity index (χ1n) is 10.4. The summed E-state index contributed by atoms with van der Waals surface area (Å²) in [7, 11) is 0. The first-order chi connectivity index (χ1) is 15.2. The van der Waals surface area contributed by atoms with Crippen molar-refractivity contribution in [2.75, 3.05) is 0 Å². The van der Waals surface area contributed by atoms with Crippen molar-refractivity contribution in [3.63, 3.8) is 0 Å². The zero-order valence-corrected chi connectivity index (χ0v) is 16.9. The zero-order chi connectivity index (χ0) is 22.8. The van der Waals surface area contributed by atoms with Crippen molar-refractivity contribution in [2.24, 2.45) is 11.8 Å². The van der Waals surface area contributed by atoms with E-state index in [4.69, 9.17) is 9.47 Å². The van der Waals surface area contributed by atoms with Gasteiger partial charge in [0.15, 0.2) is 11.6 Å². The molecule has 2 aliphatic heterocycles. The summed E-state index contributed by atoms with van der Waals surface area (Å²) in [5.41, 5.74) is 0.234. The van der Waals surface area contributed by atoms with Crippen LogP contribution >= 0.6 is 0 Å². The fourth-order valence-electron chi connectivity index (χ4n) is 5.02. The van der Waals surface area contributed by atoms with Gasteiger partial charge >= 0.3 is 6.18 Å². The number of aryl methyl sites for hydroxylation is 1. The summed E-state index contributed by atoms with van der Waals surface area (Å²) in [6.07, 6.45) is -2.49. The van der Waals surface area contributed by atoms with Gasteiger partial charge in [0.1, 0.15) is 11.5 Å². The Bertz CT molecular complexity index is 1140. The van der Waals surface area contributed by atoms with Crippen LogP contribution in [0.25, 0.3) is 5.57 Å². The third kappa shape index (κ3) is 3.18. The highest BCUT2D eigenvalue weighted by Gasteiger charge is 2.59. The van der Waals surface area contributed by atoms with Gasteiger partial charge in [0.05, 0.1) is 35.2 Å². The van der Waals surface area contributed by atoms with Crippen molar-refractivity contribution >= 4 is 11.4 Å². The van der Waals surface area contributed by atoms with Gasteiger partial charge < -0.3 is 14.6 Å². The largest absolute Gasteiger partial charge is 0.511 e. The fraction of sp³-hybridized carbons (Fsp3) is 0.391. The first kappa shape index (κ1) is 20.9. The number of nitrogens with zero attached hydrogens (tertiary/aromatic N) is 1. The number of aliphatic hydroxyl groups excluding tert-OH is 1. The molecule has 2 saturated heterocycles. The third-order valence-corrected chi connectivity index (χ3v) is 6.48. The Hall–Kier alpha value is -2.94. The Morgan fingerprint density at radius 2 is 1.91 bits per heavy atom. The van der Waals surface area contributed by atoms with Crippen LogP contribution < -0.4 is 4.74 Å².